The number of urea groups is 1. The van der Waals surface area contributed by atoms with Crippen molar-refractivity contribution in [2.45, 2.75) is 46.1 Å². The van der Waals surface area contributed by atoms with E-state index in [0.29, 0.717) is 25.3 Å². The van der Waals surface area contributed by atoms with Crippen LogP contribution >= 0.6 is 0 Å². The molecule has 6 heteroatoms. The molecule has 0 atom stereocenters. The van der Waals surface area contributed by atoms with E-state index in [1.165, 1.54) is 0 Å². The van der Waals surface area contributed by atoms with Crippen molar-refractivity contribution in [3.05, 3.63) is 0 Å². The van der Waals surface area contributed by atoms with E-state index in [2.05, 4.69) is 10.6 Å². The molecule has 1 aliphatic rings. The first-order chi connectivity index (χ1) is 8.86. The van der Waals surface area contributed by atoms with Gasteiger partial charge in [0.1, 0.15) is 12.1 Å². The number of nitrogens with one attached hydrogen (secondary N) is 2. The highest BCUT2D eigenvalue weighted by atomic mass is 16.2. The highest BCUT2D eigenvalue weighted by molar-refractivity contribution is 6.08. The molecule has 0 spiro atoms. The SMILES string of the molecule is CCC1(CC)NC(=O)N(CC(=O)NCC(C)C)C1=O. The number of hydrogen-bond acceptors (Lipinski definition) is 3. The molecule has 4 amide bonds. The van der Waals surface area contributed by atoms with Gasteiger partial charge in [-0.05, 0) is 18.8 Å². The minimum atomic E-state index is -0.838. The monoisotopic (exact) mass is 269 g/mol. The summed E-state index contributed by atoms with van der Waals surface area (Å²) in [4.78, 5) is 36.7. The van der Waals surface area contributed by atoms with E-state index < -0.39 is 11.6 Å². The van der Waals surface area contributed by atoms with Gasteiger partial charge in [-0.3, -0.25) is 14.5 Å². The van der Waals surface area contributed by atoms with Gasteiger partial charge in [0.25, 0.3) is 5.91 Å². The summed E-state index contributed by atoms with van der Waals surface area (Å²) in [5.41, 5.74) is -0.838. The Hall–Kier alpha value is -1.59. The van der Waals surface area contributed by atoms with E-state index in [4.69, 9.17) is 0 Å². The molecule has 0 unspecified atom stereocenters. The predicted molar refractivity (Wildman–Crippen MR) is 71.4 cm³/mol. The van der Waals surface area contributed by atoms with Gasteiger partial charge in [0.15, 0.2) is 0 Å². The first-order valence-corrected chi connectivity index (χ1v) is 6.77. The van der Waals surface area contributed by atoms with Crippen LogP contribution in [0.15, 0.2) is 0 Å². The molecule has 0 saturated carbocycles. The van der Waals surface area contributed by atoms with Crippen LogP contribution in [-0.4, -0.2) is 41.4 Å². The first-order valence-electron chi connectivity index (χ1n) is 6.77. The lowest BCUT2D eigenvalue weighted by Crippen LogP contribution is -2.46. The van der Waals surface area contributed by atoms with E-state index in [0.717, 1.165) is 4.90 Å². The standard InChI is InChI=1S/C13H23N3O3/c1-5-13(6-2)11(18)16(12(19)15-13)8-10(17)14-7-9(3)4/h9H,5-8H2,1-4H3,(H,14,17)(H,15,19). The average Bonchev–Trinajstić information content (AvgIpc) is 2.61. The number of amides is 4. The van der Waals surface area contributed by atoms with Crippen molar-refractivity contribution >= 4 is 17.8 Å². The summed E-state index contributed by atoms with van der Waals surface area (Å²) in [7, 11) is 0. The Balaban J connectivity index is 2.67. The maximum Gasteiger partial charge on any atom is 0.325 e. The highest BCUT2D eigenvalue weighted by Gasteiger charge is 2.49. The van der Waals surface area contributed by atoms with Gasteiger partial charge in [0.2, 0.25) is 5.91 Å². The minimum absolute atomic E-state index is 0.209. The first kappa shape index (κ1) is 15.5. The molecule has 0 radical (unpaired) electrons. The third-order valence-corrected chi connectivity index (χ3v) is 3.46. The molecule has 1 aliphatic heterocycles. The molecule has 0 aromatic heterocycles. The van der Waals surface area contributed by atoms with Gasteiger partial charge in [-0.2, -0.15) is 0 Å². The molecule has 0 aromatic carbocycles. The van der Waals surface area contributed by atoms with Gasteiger partial charge in [-0.15, -0.1) is 0 Å². The van der Waals surface area contributed by atoms with Gasteiger partial charge in [-0.1, -0.05) is 27.7 Å². The van der Waals surface area contributed by atoms with Crippen LogP contribution in [0, 0.1) is 5.92 Å². The third kappa shape index (κ3) is 3.24. The van der Waals surface area contributed by atoms with E-state index in [9.17, 15) is 14.4 Å². The maximum atomic E-state index is 12.2. The fourth-order valence-electron chi connectivity index (χ4n) is 2.07. The zero-order chi connectivity index (χ0) is 14.6. The Kier molecular flexibility index (Phi) is 4.91. The Bertz CT molecular complexity index is 375. The van der Waals surface area contributed by atoms with Crippen molar-refractivity contribution in [2.75, 3.05) is 13.1 Å². The zero-order valence-corrected chi connectivity index (χ0v) is 12.1. The number of nitrogens with zero attached hydrogens (tertiary/aromatic N) is 1. The summed E-state index contributed by atoms with van der Waals surface area (Å²) in [6.07, 6.45) is 1.05. The van der Waals surface area contributed by atoms with Crippen LogP contribution < -0.4 is 10.6 Å². The molecule has 1 fully saturated rings. The summed E-state index contributed by atoms with van der Waals surface area (Å²) in [5, 5.41) is 5.39. The smallest absolute Gasteiger partial charge is 0.325 e. The molecular weight excluding hydrogens is 246 g/mol. The van der Waals surface area contributed by atoms with Gasteiger partial charge >= 0.3 is 6.03 Å². The third-order valence-electron chi connectivity index (χ3n) is 3.46. The van der Waals surface area contributed by atoms with Crippen molar-refractivity contribution in [3.8, 4) is 0 Å². The Morgan fingerprint density at radius 2 is 1.89 bits per heavy atom. The molecule has 108 valence electrons. The van der Waals surface area contributed by atoms with Gasteiger partial charge in [0, 0.05) is 6.54 Å². The fraction of sp³-hybridized carbons (Fsp3) is 0.769. The second-order valence-corrected chi connectivity index (χ2v) is 5.31. The van der Waals surface area contributed by atoms with Crippen LogP contribution in [0.25, 0.3) is 0 Å². The van der Waals surface area contributed by atoms with Crippen LogP contribution in [0.5, 0.6) is 0 Å². The van der Waals surface area contributed by atoms with Crippen molar-refractivity contribution in [1.29, 1.82) is 0 Å². The van der Waals surface area contributed by atoms with Crippen LogP contribution in [-0.2, 0) is 9.59 Å². The molecule has 1 saturated heterocycles. The van der Waals surface area contributed by atoms with Gasteiger partial charge < -0.3 is 10.6 Å². The summed E-state index contributed by atoms with van der Waals surface area (Å²) < 4.78 is 0. The van der Waals surface area contributed by atoms with Crippen molar-refractivity contribution < 1.29 is 14.4 Å². The summed E-state index contributed by atoms with van der Waals surface area (Å²) in [6, 6.07) is -0.478. The number of hydrogen-bond donors (Lipinski definition) is 2. The number of carbonyl (C=O) groups is 3. The minimum Gasteiger partial charge on any atom is -0.354 e. The lowest BCUT2D eigenvalue weighted by Gasteiger charge is -2.23. The van der Waals surface area contributed by atoms with E-state index in [1.54, 1.807) is 0 Å². The molecule has 2 N–H and O–H groups in total. The van der Waals surface area contributed by atoms with E-state index in [1.807, 2.05) is 27.7 Å². The number of imide groups is 1. The van der Waals surface area contributed by atoms with Crippen LogP contribution in [0.2, 0.25) is 0 Å². The average molecular weight is 269 g/mol. The number of rotatable bonds is 6. The molecule has 19 heavy (non-hydrogen) atoms. The lowest BCUT2D eigenvalue weighted by atomic mass is 9.93. The van der Waals surface area contributed by atoms with Crippen LogP contribution in [0.3, 0.4) is 0 Å². The molecule has 1 rings (SSSR count). The second kappa shape index (κ2) is 6.04. The quantitative estimate of drug-likeness (QED) is 0.702. The molecule has 6 nitrogen and oxygen atoms in total. The largest absolute Gasteiger partial charge is 0.354 e. The Morgan fingerprint density at radius 1 is 1.32 bits per heavy atom. The lowest BCUT2D eigenvalue weighted by molar-refractivity contribution is -0.135. The van der Waals surface area contributed by atoms with Crippen molar-refractivity contribution in [3.63, 3.8) is 0 Å². The predicted octanol–water partition coefficient (Wildman–Crippen LogP) is 0.869. The molecule has 0 aromatic rings. The molecule has 0 aliphatic carbocycles. The topological polar surface area (TPSA) is 78.5 Å². The van der Waals surface area contributed by atoms with Gasteiger partial charge in [0.05, 0.1) is 0 Å². The molecule has 1 heterocycles. The fourth-order valence-corrected chi connectivity index (χ4v) is 2.07. The summed E-state index contributed by atoms with van der Waals surface area (Å²) in [6.45, 7) is 7.99. The van der Waals surface area contributed by atoms with Crippen molar-refractivity contribution in [1.82, 2.24) is 15.5 Å². The van der Waals surface area contributed by atoms with Crippen LogP contribution in [0.4, 0.5) is 4.79 Å². The van der Waals surface area contributed by atoms with Crippen molar-refractivity contribution in [2.24, 2.45) is 5.92 Å². The molecule has 0 bridgehead atoms. The second-order valence-electron chi connectivity index (χ2n) is 5.31. The highest BCUT2D eigenvalue weighted by Crippen LogP contribution is 2.24. The molecular formula is C13H23N3O3. The Labute approximate surface area is 113 Å². The number of carbonyl (C=O) groups excluding carboxylic acids is 3. The zero-order valence-electron chi connectivity index (χ0n) is 12.1. The normalized spacial score (nSPS) is 17.8. The van der Waals surface area contributed by atoms with Crippen LogP contribution in [0.1, 0.15) is 40.5 Å². The summed E-state index contributed by atoms with van der Waals surface area (Å²) >= 11 is 0. The maximum absolute atomic E-state index is 12.2. The van der Waals surface area contributed by atoms with E-state index >= 15 is 0 Å². The van der Waals surface area contributed by atoms with Gasteiger partial charge in [-0.25, -0.2) is 4.79 Å². The van der Waals surface area contributed by atoms with E-state index in [-0.39, 0.29) is 18.4 Å². The Morgan fingerprint density at radius 3 is 2.32 bits per heavy atom. The summed E-state index contributed by atoms with van der Waals surface area (Å²) in [5.74, 6) is -0.278.